The van der Waals surface area contributed by atoms with E-state index >= 15 is 0 Å². The van der Waals surface area contributed by atoms with Crippen molar-refractivity contribution in [1.82, 2.24) is 24.7 Å². The van der Waals surface area contributed by atoms with Crippen molar-refractivity contribution in [3.63, 3.8) is 0 Å². The maximum atomic E-state index is 13.4. The van der Waals surface area contributed by atoms with Gasteiger partial charge >= 0.3 is 6.18 Å². The molecule has 0 radical (unpaired) electrons. The van der Waals surface area contributed by atoms with E-state index in [1.54, 1.807) is 53.3 Å². The van der Waals surface area contributed by atoms with Crippen LogP contribution in [-0.4, -0.2) is 31.3 Å². The van der Waals surface area contributed by atoms with Crippen LogP contribution in [0.3, 0.4) is 0 Å². The van der Waals surface area contributed by atoms with Crippen LogP contribution in [0.25, 0.3) is 16.7 Å². The van der Waals surface area contributed by atoms with Gasteiger partial charge in [-0.15, -0.1) is 0 Å². The molecule has 2 N–H and O–H groups in total. The number of halogens is 3. The summed E-state index contributed by atoms with van der Waals surface area (Å²) in [5.74, 6) is 0.128. The fourth-order valence-corrected chi connectivity index (χ4v) is 4.25. The monoisotopic (exact) mass is 466 g/mol. The van der Waals surface area contributed by atoms with Gasteiger partial charge in [0.25, 0.3) is 5.91 Å². The molecule has 0 unspecified atom stereocenters. The van der Waals surface area contributed by atoms with Crippen LogP contribution in [0.4, 0.5) is 18.9 Å². The van der Waals surface area contributed by atoms with Gasteiger partial charge in [0, 0.05) is 35.7 Å². The Labute approximate surface area is 192 Å². The van der Waals surface area contributed by atoms with E-state index in [1.165, 1.54) is 6.20 Å². The van der Waals surface area contributed by atoms with Crippen LogP contribution < -0.4 is 10.6 Å². The first kappa shape index (κ1) is 21.9. The molecule has 10 heteroatoms. The van der Waals surface area contributed by atoms with Gasteiger partial charge in [-0.2, -0.15) is 13.2 Å². The second-order valence-corrected chi connectivity index (χ2v) is 8.22. The maximum absolute atomic E-state index is 13.4. The first-order chi connectivity index (χ1) is 16.4. The minimum atomic E-state index is -4.53. The molecule has 174 valence electrons. The maximum Gasteiger partial charge on any atom is 0.433 e. The number of nitrogens with one attached hydrogen (secondary N) is 2. The Morgan fingerprint density at radius 2 is 2.03 bits per heavy atom. The van der Waals surface area contributed by atoms with Crippen LogP contribution in [0.2, 0.25) is 0 Å². The molecule has 7 nitrogen and oxygen atoms in total. The zero-order valence-electron chi connectivity index (χ0n) is 18.0. The Balaban J connectivity index is 1.33. The predicted molar refractivity (Wildman–Crippen MR) is 121 cm³/mol. The number of alkyl halides is 3. The second-order valence-electron chi connectivity index (χ2n) is 8.22. The molecule has 3 heterocycles. The standard InChI is InChI=1S/C24H21F3N6O/c25-24(26,27)21-12-19(17-7-1-2-8-18(17)32-21)31-16-6-3-5-15(11-16)13-29-22(34)20-14-30-23-28-9-4-10-33(20)23/h1-2,4,7-10,12-14,16H,3,5-6,11H2,(H,29,34)(H,31,32)/t16-/m0/s1. The predicted octanol–water partition coefficient (Wildman–Crippen LogP) is 4.96. The van der Waals surface area contributed by atoms with Gasteiger partial charge in [0.2, 0.25) is 5.78 Å². The molecule has 1 amide bonds. The normalized spacial score (nSPS) is 17.9. The van der Waals surface area contributed by atoms with Crippen molar-refractivity contribution in [3.8, 4) is 0 Å². The van der Waals surface area contributed by atoms with Gasteiger partial charge in [0.15, 0.2) is 0 Å². The fraction of sp³-hybridized carbons (Fsp3) is 0.250. The summed E-state index contributed by atoms with van der Waals surface area (Å²) >= 11 is 0. The Bertz CT molecular complexity index is 1390. The number of para-hydroxylation sites is 1. The fourth-order valence-electron chi connectivity index (χ4n) is 4.25. The number of aromatic nitrogens is 4. The van der Waals surface area contributed by atoms with E-state index in [2.05, 4.69) is 25.6 Å². The highest BCUT2D eigenvalue weighted by atomic mass is 19.4. The number of carbonyl (C=O) groups excluding carboxylic acids is 1. The SMILES string of the molecule is O=C(NC=C1CCC[C@H](Nc2cc(C(F)(F)F)nc3ccccc23)C1)c1cnc2ncccn12. The molecule has 1 aliphatic rings. The lowest BCUT2D eigenvalue weighted by Crippen LogP contribution is -2.26. The number of fused-ring (bicyclic) bond motifs is 2. The first-order valence-electron chi connectivity index (χ1n) is 10.9. The van der Waals surface area contributed by atoms with Crippen molar-refractivity contribution < 1.29 is 18.0 Å². The van der Waals surface area contributed by atoms with E-state index in [9.17, 15) is 18.0 Å². The van der Waals surface area contributed by atoms with Gasteiger partial charge < -0.3 is 10.6 Å². The van der Waals surface area contributed by atoms with Crippen molar-refractivity contribution in [2.24, 2.45) is 0 Å². The number of benzene rings is 1. The number of pyridine rings is 1. The molecule has 0 spiro atoms. The molecule has 1 saturated carbocycles. The molecule has 1 atom stereocenters. The first-order valence-corrected chi connectivity index (χ1v) is 10.9. The average molecular weight is 466 g/mol. The van der Waals surface area contributed by atoms with Crippen LogP contribution >= 0.6 is 0 Å². The summed E-state index contributed by atoms with van der Waals surface area (Å²) in [6.07, 6.45) is 5.01. The number of anilines is 1. The molecule has 5 rings (SSSR count). The van der Waals surface area contributed by atoms with E-state index in [-0.39, 0.29) is 11.9 Å². The average Bonchev–Trinajstić information content (AvgIpc) is 3.26. The largest absolute Gasteiger partial charge is 0.433 e. The molecule has 0 aliphatic heterocycles. The van der Waals surface area contributed by atoms with E-state index < -0.39 is 11.9 Å². The van der Waals surface area contributed by atoms with E-state index in [1.807, 2.05) is 0 Å². The summed E-state index contributed by atoms with van der Waals surface area (Å²) in [6.45, 7) is 0. The van der Waals surface area contributed by atoms with Crippen molar-refractivity contribution in [2.75, 3.05) is 5.32 Å². The highest BCUT2D eigenvalue weighted by Crippen LogP contribution is 2.34. The smallest absolute Gasteiger partial charge is 0.381 e. The minimum absolute atomic E-state index is 0.0659. The molecule has 1 aliphatic carbocycles. The molecule has 3 aromatic heterocycles. The highest BCUT2D eigenvalue weighted by Gasteiger charge is 2.33. The Morgan fingerprint density at radius 1 is 1.18 bits per heavy atom. The van der Waals surface area contributed by atoms with Crippen molar-refractivity contribution in [2.45, 2.75) is 37.9 Å². The van der Waals surface area contributed by atoms with E-state index in [0.29, 0.717) is 34.5 Å². The lowest BCUT2D eigenvalue weighted by Gasteiger charge is -2.27. The Morgan fingerprint density at radius 3 is 2.88 bits per heavy atom. The summed E-state index contributed by atoms with van der Waals surface area (Å²) in [6, 6.07) is 9.50. The number of hydrogen-bond donors (Lipinski definition) is 2. The summed E-state index contributed by atoms with van der Waals surface area (Å²) < 4.78 is 41.7. The lowest BCUT2D eigenvalue weighted by molar-refractivity contribution is -0.140. The summed E-state index contributed by atoms with van der Waals surface area (Å²) in [7, 11) is 0. The van der Waals surface area contributed by atoms with Crippen molar-refractivity contribution in [1.29, 1.82) is 0 Å². The van der Waals surface area contributed by atoms with E-state index in [0.717, 1.165) is 30.9 Å². The van der Waals surface area contributed by atoms with Gasteiger partial charge in [-0.1, -0.05) is 23.8 Å². The number of rotatable bonds is 4. The molecule has 34 heavy (non-hydrogen) atoms. The summed E-state index contributed by atoms with van der Waals surface area (Å²) in [5, 5.41) is 6.74. The third-order valence-corrected chi connectivity index (χ3v) is 5.85. The molecular formula is C24H21F3N6O. The number of carbonyl (C=O) groups is 1. The van der Waals surface area contributed by atoms with Crippen molar-refractivity contribution in [3.05, 3.63) is 78.1 Å². The highest BCUT2D eigenvalue weighted by molar-refractivity contribution is 5.94. The summed E-state index contributed by atoms with van der Waals surface area (Å²) in [5.41, 5.74) is 1.16. The van der Waals surface area contributed by atoms with E-state index in [4.69, 9.17) is 0 Å². The number of amides is 1. The molecule has 4 aromatic rings. The third kappa shape index (κ3) is 4.43. The number of nitrogens with zero attached hydrogens (tertiary/aromatic N) is 4. The molecule has 1 fully saturated rings. The van der Waals surface area contributed by atoms with Gasteiger partial charge in [-0.25, -0.2) is 15.0 Å². The van der Waals surface area contributed by atoms with Crippen LogP contribution in [-0.2, 0) is 6.18 Å². The Kier molecular flexibility index (Phi) is 5.64. The molecule has 0 saturated heterocycles. The molecular weight excluding hydrogens is 445 g/mol. The van der Waals surface area contributed by atoms with Crippen molar-refractivity contribution >= 4 is 28.3 Å². The quantitative estimate of drug-likeness (QED) is 0.444. The molecule has 0 bridgehead atoms. The Hall–Kier alpha value is -3.95. The van der Waals surface area contributed by atoms with Crippen LogP contribution in [0, 0.1) is 0 Å². The van der Waals surface area contributed by atoms with Gasteiger partial charge in [-0.05, 0) is 43.9 Å². The van der Waals surface area contributed by atoms with Crippen LogP contribution in [0.5, 0.6) is 0 Å². The summed E-state index contributed by atoms with van der Waals surface area (Å²) in [4.78, 5) is 24.6. The number of imidazole rings is 1. The third-order valence-electron chi connectivity index (χ3n) is 5.85. The molecule has 1 aromatic carbocycles. The number of hydrogen-bond acceptors (Lipinski definition) is 5. The van der Waals surface area contributed by atoms with Crippen LogP contribution in [0.15, 0.2) is 66.8 Å². The second kappa shape index (κ2) is 8.77. The van der Waals surface area contributed by atoms with Gasteiger partial charge in [-0.3, -0.25) is 9.20 Å². The van der Waals surface area contributed by atoms with Gasteiger partial charge in [0.05, 0.1) is 11.7 Å². The zero-order valence-corrected chi connectivity index (χ0v) is 18.0. The lowest BCUT2D eigenvalue weighted by atomic mass is 9.91. The van der Waals surface area contributed by atoms with Gasteiger partial charge in [0.1, 0.15) is 11.4 Å². The topological polar surface area (TPSA) is 84.2 Å². The zero-order chi connectivity index (χ0) is 23.7. The van der Waals surface area contributed by atoms with Crippen LogP contribution in [0.1, 0.15) is 41.9 Å². The minimum Gasteiger partial charge on any atom is -0.381 e.